The molecule has 0 N–H and O–H groups in total. The largest absolute Gasteiger partial charge is 0.273 e. The van der Waals surface area contributed by atoms with Crippen molar-refractivity contribution < 1.29 is 21.8 Å². The zero-order valence-electron chi connectivity index (χ0n) is 14.3. The van der Waals surface area contributed by atoms with Crippen LogP contribution in [0.5, 0.6) is 0 Å². The van der Waals surface area contributed by atoms with Crippen molar-refractivity contribution in [3.05, 3.63) is 63.7 Å². The third kappa shape index (κ3) is 6.93. The predicted octanol–water partition coefficient (Wildman–Crippen LogP) is 3.34. The molecule has 0 bridgehead atoms. The molecule has 0 heterocycles. The standard InChI is InChI=1S/C8H9NO4S.C8H10O2S.CH4/c1-6-3-4-7(14(2,12)13)5-8(6)9(10)11;1-7-3-5-8(6-4-7)11(2,9)10;/h3-5H,1-2H3;3-6H,1-2H3;1H4. The van der Waals surface area contributed by atoms with Crippen molar-refractivity contribution >= 4 is 25.4 Å². The number of nitro groups is 1. The maximum Gasteiger partial charge on any atom is 0.273 e. The van der Waals surface area contributed by atoms with Crippen LogP contribution in [-0.2, 0) is 19.7 Å². The second-order valence-corrected chi connectivity index (χ2v) is 9.59. The predicted molar refractivity (Wildman–Crippen MR) is 102 cm³/mol. The molecule has 0 unspecified atom stereocenters. The molecule has 0 aliphatic carbocycles. The van der Waals surface area contributed by atoms with Gasteiger partial charge in [0.25, 0.3) is 5.69 Å². The number of nitro benzene ring substituents is 1. The van der Waals surface area contributed by atoms with Gasteiger partial charge in [-0.2, -0.15) is 0 Å². The SMILES string of the molecule is C.Cc1ccc(S(C)(=O)=O)cc1.Cc1ccc(S(C)(=O)=O)cc1[N+](=O)[O-]. The van der Waals surface area contributed by atoms with Crippen molar-refractivity contribution in [2.75, 3.05) is 12.5 Å². The second-order valence-electron chi connectivity index (χ2n) is 5.56. The van der Waals surface area contributed by atoms with Crippen LogP contribution in [-0.4, -0.2) is 34.3 Å². The number of sulfone groups is 2. The first kappa shape index (κ1) is 23.7. The van der Waals surface area contributed by atoms with E-state index in [2.05, 4.69) is 0 Å². The molecule has 0 aliphatic heterocycles. The Labute approximate surface area is 154 Å². The molecule has 144 valence electrons. The van der Waals surface area contributed by atoms with Crippen LogP contribution in [0.15, 0.2) is 52.3 Å². The van der Waals surface area contributed by atoms with E-state index in [9.17, 15) is 26.9 Å². The number of hydrogen-bond acceptors (Lipinski definition) is 6. The first-order chi connectivity index (χ1) is 11.3. The minimum atomic E-state index is -3.38. The van der Waals surface area contributed by atoms with Gasteiger partial charge in [0.1, 0.15) is 0 Å². The summed E-state index contributed by atoms with van der Waals surface area (Å²) in [5.41, 5.74) is 1.34. The zero-order chi connectivity index (χ0) is 19.4. The number of benzene rings is 2. The molecule has 0 fully saturated rings. The Hall–Kier alpha value is -2.26. The third-order valence-electron chi connectivity index (χ3n) is 3.25. The van der Waals surface area contributed by atoms with Crippen LogP contribution in [0.25, 0.3) is 0 Å². The fourth-order valence-electron chi connectivity index (χ4n) is 1.80. The molecule has 0 aliphatic rings. The Morgan fingerprint density at radius 3 is 1.62 bits per heavy atom. The van der Waals surface area contributed by atoms with Crippen molar-refractivity contribution in [2.24, 2.45) is 0 Å². The molecule has 0 amide bonds. The summed E-state index contributed by atoms with van der Waals surface area (Å²) in [5.74, 6) is 0. The Morgan fingerprint density at radius 1 is 0.808 bits per heavy atom. The van der Waals surface area contributed by atoms with Crippen LogP contribution >= 0.6 is 0 Å². The molecule has 9 heteroatoms. The van der Waals surface area contributed by atoms with Crippen molar-refractivity contribution in [3.63, 3.8) is 0 Å². The van der Waals surface area contributed by atoms with E-state index < -0.39 is 24.6 Å². The summed E-state index contributed by atoms with van der Waals surface area (Å²) in [6, 6.07) is 10.7. The Morgan fingerprint density at radius 2 is 1.23 bits per heavy atom. The lowest BCUT2D eigenvalue weighted by Crippen LogP contribution is -1.99. The van der Waals surface area contributed by atoms with E-state index in [-0.39, 0.29) is 18.0 Å². The Bertz CT molecular complexity index is 978. The lowest BCUT2D eigenvalue weighted by molar-refractivity contribution is -0.385. The van der Waals surface area contributed by atoms with E-state index in [1.807, 2.05) is 6.92 Å². The molecular formula is C17H23NO6S2. The van der Waals surface area contributed by atoms with E-state index >= 15 is 0 Å². The van der Waals surface area contributed by atoms with Crippen LogP contribution in [0.3, 0.4) is 0 Å². The maximum atomic E-state index is 11.1. The highest BCUT2D eigenvalue weighted by atomic mass is 32.2. The fraction of sp³-hybridized carbons (Fsp3) is 0.294. The van der Waals surface area contributed by atoms with Gasteiger partial charge >= 0.3 is 0 Å². The van der Waals surface area contributed by atoms with Gasteiger partial charge in [-0.1, -0.05) is 31.2 Å². The van der Waals surface area contributed by atoms with E-state index in [0.29, 0.717) is 10.5 Å². The maximum absolute atomic E-state index is 11.1. The summed E-state index contributed by atoms with van der Waals surface area (Å²) >= 11 is 0. The molecule has 2 rings (SSSR count). The highest BCUT2D eigenvalue weighted by Gasteiger charge is 2.15. The summed E-state index contributed by atoms with van der Waals surface area (Å²) in [6.45, 7) is 3.48. The highest BCUT2D eigenvalue weighted by molar-refractivity contribution is 7.91. The molecule has 0 atom stereocenters. The topological polar surface area (TPSA) is 111 Å². The van der Waals surface area contributed by atoms with Gasteiger partial charge in [-0.15, -0.1) is 0 Å². The summed E-state index contributed by atoms with van der Waals surface area (Å²) in [5, 5.41) is 10.5. The van der Waals surface area contributed by atoms with Gasteiger partial charge in [0.15, 0.2) is 19.7 Å². The van der Waals surface area contributed by atoms with E-state index in [0.717, 1.165) is 17.9 Å². The highest BCUT2D eigenvalue weighted by Crippen LogP contribution is 2.21. The third-order valence-corrected chi connectivity index (χ3v) is 5.49. The van der Waals surface area contributed by atoms with Gasteiger partial charge in [-0.25, -0.2) is 16.8 Å². The van der Waals surface area contributed by atoms with E-state index in [4.69, 9.17) is 0 Å². The van der Waals surface area contributed by atoms with E-state index in [1.165, 1.54) is 18.4 Å². The Kier molecular flexibility index (Phi) is 8.13. The van der Waals surface area contributed by atoms with Crippen molar-refractivity contribution in [2.45, 2.75) is 31.1 Å². The first-order valence-electron chi connectivity index (χ1n) is 7.04. The molecule has 0 saturated heterocycles. The monoisotopic (exact) mass is 401 g/mol. The number of hydrogen-bond donors (Lipinski definition) is 0. The smallest absolute Gasteiger partial charge is 0.258 e. The molecule has 2 aromatic carbocycles. The van der Waals surface area contributed by atoms with Gasteiger partial charge in [0.2, 0.25) is 0 Å². The summed E-state index contributed by atoms with van der Waals surface area (Å²) in [6.07, 6.45) is 2.22. The quantitative estimate of drug-likeness (QED) is 0.576. The fourth-order valence-corrected chi connectivity index (χ4v) is 3.07. The van der Waals surface area contributed by atoms with Crippen LogP contribution in [0.2, 0.25) is 0 Å². The molecule has 0 spiro atoms. The normalized spacial score (nSPS) is 10.9. The number of nitrogens with zero attached hydrogens (tertiary/aromatic N) is 1. The average molecular weight is 402 g/mol. The zero-order valence-corrected chi connectivity index (χ0v) is 15.9. The molecule has 26 heavy (non-hydrogen) atoms. The van der Waals surface area contributed by atoms with Crippen molar-refractivity contribution in [3.8, 4) is 0 Å². The van der Waals surface area contributed by atoms with E-state index in [1.54, 1.807) is 31.2 Å². The lowest BCUT2D eigenvalue weighted by atomic mass is 10.2. The van der Waals surface area contributed by atoms with Crippen molar-refractivity contribution in [1.29, 1.82) is 0 Å². The molecular weight excluding hydrogens is 378 g/mol. The minimum Gasteiger partial charge on any atom is -0.258 e. The number of aryl methyl sites for hydroxylation is 2. The summed E-state index contributed by atoms with van der Waals surface area (Å²) in [7, 11) is -6.40. The summed E-state index contributed by atoms with van der Waals surface area (Å²) in [4.78, 5) is 10.3. The van der Waals surface area contributed by atoms with Crippen LogP contribution in [0.4, 0.5) is 5.69 Å². The molecule has 0 saturated carbocycles. The van der Waals surface area contributed by atoms with Crippen LogP contribution in [0.1, 0.15) is 18.6 Å². The Balaban J connectivity index is 0.000000475. The number of rotatable bonds is 3. The second kappa shape index (κ2) is 8.91. The molecule has 2 aromatic rings. The van der Waals surface area contributed by atoms with Gasteiger partial charge in [-0.05, 0) is 32.0 Å². The van der Waals surface area contributed by atoms with Gasteiger partial charge in [0.05, 0.1) is 14.7 Å². The van der Waals surface area contributed by atoms with Crippen molar-refractivity contribution in [1.82, 2.24) is 0 Å². The molecule has 7 nitrogen and oxygen atoms in total. The van der Waals surface area contributed by atoms with Gasteiger partial charge in [0, 0.05) is 24.1 Å². The average Bonchev–Trinajstić information content (AvgIpc) is 2.46. The first-order valence-corrected chi connectivity index (χ1v) is 10.8. The minimum absolute atomic E-state index is 0. The van der Waals surface area contributed by atoms with Crippen LogP contribution < -0.4 is 0 Å². The molecule has 0 aromatic heterocycles. The lowest BCUT2D eigenvalue weighted by Gasteiger charge is -2.00. The summed E-state index contributed by atoms with van der Waals surface area (Å²) < 4.78 is 44.1. The molecule has 0 radical (unpaired) electrons. The van der Waals surface area contributed by atoms with Gasteiger partial charge < -0.3 is 0 Å². The van der Waals surface area contributed by atoms with Gasteiger partial charge in [-0.3, -0.25) is 10.1 Å². The van der Waals surface area contributed by atoms with Crippen LogP contribution in [0, 0.1) is 24.0 Å².